The molecule has 2 unspecified atom stereocenters. The Morgan fingerprint density at radius 1 is 1.39 bits per heavy atom. The molecular weight excluding hydrogens is 224 g/mol. The Morgan fingerprint density at radius 3 is 2.89 bits per heavy atom. The van der Waals surface area contributed by atoms with Crippen molar-refractivity contribution in [2.24, 2.45) is 11.7 Å². The van der Waals surface area contributed by atoms with Gasteiger partial charge in [0.15, 0.2) is 0 Å². The third-order valence-corrected chi connectivity index (χ3v) is 3.90. The second-order valence-corrected chi connectivity index (χ2v) is 5.23. The van der Waals surface area contributed by atoms with Crippen LogP contribution in [-0.2, 0) is 11.2 Å². The van der Waals surface area contributed by atoms with Crippen LogP contribution in [0.4, 0.5) is 5.69 Å². The van der Waals surface area contributed by atoms with E-state index in [1.54, 1.807) is 0 Å². The fourth-order valence-corrected chi connectivity index (χ4v) is 2.38. The van der Waals surface area contributed by atoms with E-state index in [0.717, 1.165) is 24.9 Å². The number of hydrogen-bond acceptors (Lipinski definition) is 2. The van der Waals surface area contributed by atoms with E-state index in [2.05, 4.69) is 25.2 Å². The predicted molar refractivity (Wildman–Crippen MR) is 74.4 cm³/mol. The number of aryl methyl sites for hydroxylation is 1. The molecule has 1 amide bonds. The first-order chi connectivity index (χ1) is 8.61. The standard InChI is InChI=1S/C15H22N2O/c1-3-10(2)15(16)12-7-8-13-11(9-12)5-4-6-14(18)17-13/h7-10,15H,3-6,16H2,1-2H3,(H,17,18). The molecule has 2 rings (SSSR count). The molecule has 0 aromatic heterocycles. The van der Waals surface area contributed by atoms with Crippen LogP contribution >= 0.6 is 0 Å². The molecule has 0 fully saturated rings. The molecule has 3 N–H and O–H groups in total. The number of nitrogens with one attached hydrogen (secondary N) is 1. The largest absolute Gasteiger partial charge is 0.326 e. The van der Waals surface area contributed by atoms with E-state index in [1.807, 2.05) is 12.1 Å². The zero-order valence-corrected chi connectivity index (χ0v) is 11.2. The summed E-state index contributed by atoms with van der Waals surface area (Å²) >= 11 is 0. The molecule has 2 atom stereocenters. The first kappa shape index (κ1) is 13.1. The van der Waals surface area contributed by atoms with Crippen LogP contribution in [0.2, 0.25) is 0 Å². The van der Waals surface area contributed by atoms with Gasteiger partial charge in [0, 0.05) is 18.2 Å². The Kier molecular flexibility index (Phi) is 4.02. The molecule has 98 valence electrons. The minimum Gasteiger partial charge on any atom is -0.326 e. The van der Waals surface area contributed by atoms with Crippen molar-refractivity contribution in [3.05, 3.63) is 29.3 Å². The summed E-state index contributed by atoms with van der Waals surface area (Å²) in [6.45, 7) is 4.34. The van der Waals surface area contributed by atoms with Gasteiger partial charge in [-0.2, -0.15) is 0 Å². The van der Waals surface area contributed by atoms with Crippen molar-refractivity contribution in [1.29, 1.82) is 0 Å². The quantitative estimate of drug-likeness (QED) is 0.861. The van der Waals surface area contributed by atoms with E-state index >= 15 is 0 Å². The zero-order valence-electron chi connectivity index (χ0n) is 11.2. The van der Waals surface area contributed by atoms with Gasteiger partial charge in [0.05, 0.1) is 0 Å². The second kappa shape index (κ2) is 5.53. The molecule has 0 bridgehead atoms. The van der Waals surface area contributed by atoms with Crippen LogP contribution in [0.25, 0.3) is 0 Å². The van der Waals surface area contributed by atoms with Crippen molar-refractivity contribution < 1.29 is 4.79 Å². The number of benzene rings is 1. The van der Waals surface area contributed by atoms with Crippen molar-refractivity contribution >= 4 is 11.6 Å². The molecule has 1 aromatic carbocycles. The van der Waals surface area contributed by atoms with E-state index in [9.17, 15) is 4.79 Å². The van der Waals surface area contributed by atoms with Gasteiger partial charge in [0.25, 0.3) is 0 Å². The Labute approximate surface area is 109 Å². The lowest BCUT2D eigenvalue weighted by Crippen LogP contribution is -2.19. The highest BCUT2D eigenvalue weighted by Crippen LogP contribution is 2.28. The highest BCUT2D eigenvalue weighted by molar-refractivity contribution is 5.92. The third-order valence-electron chi connectivity index (χ3n) is 3.90. The Morgan fingerprint density at radius 2 is 2.17 bits per heavy atom. The molecule has 0 aliphatic carbocycles. The fourth-order valence-electron chi connectivity index (χ4n) is 2.38. The highest BCUT2D eigenvalue weighted by atomic mass is 16.1. The van der Waals surface area contributed by atoms with Gasteiger partial charge in [-0.3, -0.25) is 4.79 Å². The maximum atomic E-state index is 11.5. The van der Waals surface area contributed by atoms with Crippen molar-refractivity contribution in [2.75, 3.05) is 5.32 Å². The van der Waals surface area contributed by atoms with Crippen LogP contribution in [0.3, 0.4) is 0 Å². The molecule has 0 saturated heterocycles. The second-order valence-electron chi connectivity index (χ2n) is 5.23. The molecule has 1 aliphatic rings. The predicted octanol–water partition coefficient (Wildman–Crippen LogP) is 3.01. The van der Waals surface area contributed by atoms with Gasteiger partial charge < -0.3 is 11.1 Å². The molecule has 0 radical (unpaired) electrons. The van der Waals surface area contributed by atoms with Gasteiger partial charge in [-0.1, -0.05) is 32.4 Å². The highest BCUT2D eigenvalue weighted by Gasteiger charge is 2.17. The topological polar surface area (TPSA) is 55.1 Å². The monoisotopic (exact) mass is 246 g/mol. The summed E-state index contributed by atoms with van der Waals surface area (Å²) in [7, 11) is 0. The lowest BCUT2D eigenvalue weighted by atomic mass is 9.91. The Balaban J connectivity index is 2.26. The molecule has 0 saturated carbocycles. The first-order valence-electron chi connectivity index (χ1n) is 6.80. The smallest absolute Gasteiger partial charge is 0.224 e. The molecule has 1 aromatic rings. The number of hydrogen-bond donors (Lipinski definition) is 2. The number of anilines is 1. The Bertz CT molecular complexity index is 442. The average Bonchev–Trinajstić information content (AvgIpc) is 2.56. The van der Waals surface area contributed by atoms with Crippen molar-refractivity contribution in [3.63, 3.8) is 0 Å². The van der Waals surface area contributed by atoms with E-state index in [0.29, 0.717) is 12.3 Å². The van der Waals surface area contributed by atoms with Crippen LogP contribution in [0.1, 0.15) is 50.3 Å². The molecule has 1 heterocycles. The Hall–Kier alpha value is -1.35. The fraction of sp³-hybridized carbons (Fsp3) is 0.533. The SMILES string of the molecule is CCC(C)C(N)c1ccc2c(c1)CCCC(=O)N2. The first-order valence-corrected chi connectivity index (χ1v) is 6.80. The lowest BCUT2D eigenvalue weighted by Gasteiger charge is -2.20. The number of rotatable bonds is 3. The summed E-state index contributed by atoms with van der Waals surface area (Å²) in [5.74, 6) is 0.594. The van der Waals surface area contributed by atoms with E-state index in [-0.39, 0.29) is 11.9 Å². The minimum atomic E-state index is 0.0826. The van der Waals surface area contributed by atoms with Gasteiger partial charge in [0.2, 0.25) is 5.91 Å². The lowest BCUT2D eigenvalue weighted by molar-refractivity contribution is -0.116. The van der Waals surface area contributed by atoms with Crippen LogP contribution in [0, 0.1) is 5.92 Å². The van der Waals surface area contributed by atoms with Gasteiger partial charge in [-0.15, -0.1) is 0 Å². The zero-order chi connectivity index (χ0) is 13.1. The average molecular weight is 246 g/mol. The van der Waals surface area contributed by atoms with Gasteiger partial charge >= 0.3 is 0 Å². The maximum Gasteiger partial charge on any atom is 0.224 e. The van der Waals surface area contributed by atoms with E-state index in [4.69, 9.17) is 5.73 Å². The van der Waals surface area contributed by atoms with Crippen LogP contribution < -0.4 is 11.1 Å². The summed E-state index contributed by atoms with van der Waals surface area (Å²) in [5, 5.41) is 2.95. The van der Waals surface area contributed by atoms with E-state index in [1.165, 1.54) is 11.1 Å². The molecule has 1 aliphatic heterocycles. The summed E-state index contributed by atoms with van der Waals surface area (Å²) in [6.07, 6.45) is 3.56. The third kappa shape index (κ3) is 2.72. The number of amides is 1. The van der Waals surface area contributed by atoms with Gasteiger partial charge in [-0.25, -0.2) is 0 Å². The maximum absolute atomic E-state index is 11.5. The van der Waals surface area contributed by atoms with Crippen molar-refractivity contribution in [2.45, 2.75) is 45.6 Å². The number of carbonyl (C=O) groups is 1. The summed E-state index contributed by atoms with van der Waals surface area (Å²) in [4.78, 5) is 11.5. The summed E-state index contributed by atoms with van der Waals surface area (Å²) in [6, 6.07) is 6.29. The van der Waals surface area contributed by atoms with Crippen LogP contribution in [0.5, 0.6) is 0 Å². The number of carbonyl (C=O) groups excluding carboxylic acids is 1. The molecule has 0 spiro atoms. The molecule has 3 heteroatoms. The van der Waals surface area contributed by atoms with Crippen molar-refractivity contribution in [3.8, 4) is 0 Å². The molecular formula is C15H22N2O. The minimum absolute atomic E-state index is 0.0826. The van der Waals surface area contributed by atoms with Crippen LogP contribution in [-0.4, -0.2) is 5.91 Å². The van der Waals surface area contributed by atoms with E-state index < -0.39 is 0 Å². The molecule has 3 nitrogen and oxygen atoms in total. The van der Waals surface area contributed by atoms with Gasteiger partial charge in [0.1, 0.15) is 0 Å². The normalized spacial score (nSPS) is 18.5. The summed E-state index contributed by atoms with van der Waals surface area (Å²) < 4.78 is 0. The van der Waals surface area contributed by atoms with Crippen LogP contribution in [0.15, 0.2) is 18.2 Å². The number of nitrogens with two attached hydrogens (primary N) is 1. The number of fused-ring (bicyclic) bond motifs is 1. The summed E-state index contributed by atoms with van der Waals surface area (Å²) in [5.41, 5.74) is 9.62. The molecule has 18 heavy (non-hydrogen) atoms. The van der Waals surface area contributed by atoms with Gasteiger partial charge in [-0.05, 0) is 36.0 Å². The van der Waals surface area contributed by atoms with Crippen molar-refractivity contribution in [1.82, 2.24) is 0 Å².